The molecule has 0 bridgehead atoms. The zero-order valence-corrected chi connectivity index (χ0v) is 13.6. The summed E-state index contributed by atoms with van der Waals surface area (Å²) in [5, 5.41) is 11.9. The third-order valence-corrected chi connectivity index (χ3v) is 4.10. The summed E-state index contributed by atoms with van der Waals surface area (Å²) in [4.78, 5) is 16.2. The number of carbonyl (C=O) groups excluding carboxylic acids is 1. The van der Waals surface area contributed by atoms with E-state index in [1.165, 1.54) is 0 Å². The molecular formula is C18H19F2N3O2. The Morgan fingerprint density at radius 3 is 2.20 bits per heavy atom. The number of hydrogen-bond donors (Lipinski definition) is 2. The van der Waals surface area contributed by atoms with Crippen LogP contribution in [0.5, 0.6) is 5.75 Å². The van der Waals surface area contributed by atoms with Crippen molar-refractivity contribution < 1.29 is 18.7 Å². The molecule has 0 aliphatic carbocycles. The fraction of sp³-hybridized carbons (Fsp3) is 0.278. The molecule has 1 fully saturated rings. The second-order valence-electron chi connectivity index (χ2n) is 5.99. The lowest BCUT2D eigenvalue weighted by Crippen LogP contribution is -2.48. The van der Waals surface area contributed by atoms with Crippen LogP contribution < -0.4 is 10.2 Å². The van der Waals surface area contributed by atoms with Gasteiger partial charge in [0.15, 0.2) is 0 Å². The number of hydrogen-bond acceptors (Lipinski definition) is 4. The van der Waals surface area contributed by atoms with E-state index in [-0.39, 0.29) is 23.9 Å². The van der Waals surface area contributed by atoms with Crippen LogP contribution in [0.3, 0.4) is 0 Å². The van der Waals surface area contributed by atoms with Crippen LogP contribution in [-0.2, 0) is 4.79 Å². The minimum absolute atomic E-state index is 0.116. The number of amides is 1. The SMILES string of the molecule is O=C(CN1CCN(c2ccc(O)cc2)CC1)Nc1cc(F)cc(F)c1. The third kappa shape index (κ3) is 4.67. The van der Waals surface area contributed by atoms with E-state index in [4.69, 9.17) is 0 Å². The summed E-state index contributed by atoms with van der Waals surface area (Å²) in [7, 11) is 0. The fourth-order valence-electron chi connectivity index (χ4n) is 2.86. The van der Waals surface area contributed by atoms with Crippen molar-refractivity contribution in [1.29, 1.82) is 0 Å². The number of anilines is 2. The molecule has 0 aromatic heterocycles. The topological polar surface area (TPSA) is 55.8 Å². The van der Waals surface area contributed by atoms with Gasteiger partial charge in [-0.3, -0.25) is 9.69 Å². The van der Waals surface area contributed by atoms with Crippen molar-refractivity contribution >= 4 is 17.3 Å². The molecule has 1 amide bonds. The molecule has 1 heterocycles. The number of halogens is 2. The Hall–Kier alpha value is -2.67. The molecule has 3 rings (SSSR count). The molecule has 0 saturated carbocycles. The second kappa shape index (κ2) is 7.48. The van der Waals surface area contributed by atoms with Crippen LogP contribution in [0.15, 0.2) is 42.5 Å². The largest absolute Gasteiger partial charge is 0.508 e. The van der Waals surface area contributed by atoms with Gasteiger partial charge in [-0.2, -0.15) is 0 Å². The highest BCUT2D eigenvalue weighted by atomic mass is 19.1. The molecule has 2 N–H and O–H groups in total. The van der Waals surface area contributed by atoms with Crippen molar-refractivity contribution in [3.63, 3.8) is 0 Å². The van der Waals surface area contributed by atoms with E-state index in [1.807, 2.05) is 17.0 Å². The monoisotopic (exact) mass is 347 g/mol. The molecule has 0 spiro atoms. The summed E-state index contributed by atoms with van der Waals surface area (Å²) >= 11 is 0. The summed E-state index contributed by atoms with van der Waals surface area (Å²) < 4.78 is 26.3. The van der Waals surface area contributed by atoms with Crippen LogP contribution in [0.1, 0.15) is 0 Å². The highest BCUT2D eigenvalue weighted by molar-refractivity contribution is 5.92. The summed E-state index contributed by atoms with van der Waals surface area (Å²) in [6.07, 6.45) is 0. The lowest BCUT2D eigenvalue weighted by atomic mass is 10.2. The third-order valence-electron chi connectivity index (χ3n) is 4.10. The van der Waals surface area contributed by atoms with E-state index in [9.17, 15) is 18.7 Å². The molecule has 5 nitrogen and oxygen atoms in total. The Balaban J connectivity index is 1.50. The molecule has 2 aromatic carbocycles. The van der Waals surface area contributed by atoms with Gasteiger partial charge in [-0.1, -0.05) is 0 Å². The van der Waals surface area contributed by atoms with E-state index in [0.717, 1.165) is 37.0 Å². The Kier molecular flexibility index (Phi) is 5.14. The van der Waals surface area contributed by atoms with Crippen molar-refractivity contribution in [2.24, 2.45) is 0 Å². The fourth-order valence-corrected chi connectivity index (χ4v) is 2.86. The minimum Gasteiger partial charge on any atom is -0.508 e. The maximum atomic E-state index is 13.1. The summed E-state index contributed by atoms with van der Waals surface area (Å²) in [6.45, 7) is 3.08. The first-order chi connectivity index (χ1) is 12.0. The molecule has 25 heavy (non-hydrogen) atoms. The first-order valence-corrected chi connectivity index (χ1v) is 8.02. The van der Waals surface area contributed by atoms with Crippen molar-refractivity contribution in [1.82, 2.24) is 4.90 Å². The van der Waals surface area contributed by atoms with Gasteiger partial charge >= 0.3 is 0 Å². The Labute approximate surface area is 144 Å². The number of benzene rings is 2. The van der Waals surface area contributed by atoms with Crippen molar-refractivity contribution in [2.45, 2.75) is 0 Å². The number of nitrogens with zero attached hydrogens (tertiary/aromatic N) is 2. The predicted molar refractivity (Wildman–Crippen MR) is 91.7 cm³/mol. The number of nitrogens with one attached hydrogen (secondary N) is 1. The zero-order valence-electron chi connectivity index (χ0n) is 13.6. The molecule has 1 saturated heterocycles. The van der Waals surface area contributed by atoms with Crippen LogP contribution >= 0.6 is 0 Å². The quantitative estimate of drug-likeness (QED) is 0.892. The standard InChI is InChI=1S/C18H19F2N3O2/c19-13-9-14(20)11-15(10-13)21-18(25)12-22-5-7-23(8-6-22)16-1-3-17(24)4-2-16/h1-4,9-11,24H,5-8,12H2,(H,21,25). The van der Waals surface area contributed by atoms with E-state index < -0.39 is 11.6 Å². The maximum absolute atomic E-state index is 13.1. The smallest absolute Gasteiger partial charge is 0.238 e. The van der Waals surface area contributed by atoms with Gasteiger partial charge in [-0.25, -0.2) is 8.78 Å². The predicted octanol–water partition coefficient (Wildman–Crippen LogP) is 2.43. The lowest BCUT2D eigenvalue weighted by Gasteiger charge is -2.35. The van der Waals surface area contributed by atoms with E-state index in [2.05, 4.69) is 10.2 Å². The molecule has 0 atom stereocenters. The van der Waals surface area contributed by atoms with E-state index >= 15 is 0 Å². The molecule has 2 aromatic rings. The molecular weight excluding hydrogens is 328 g/mol. The van der Waals surface area contributed by atoms with Gasteiger partial charge in [0.1, 0.15) is 17.4 Å². The number of rotatable bonds is 4. The number of phenols is 1. The number of piperazine rings is 1. The first-order valence-electron chi connectivity index (χ1n) is 8.02. The number of aromatic hydroxyl groups is 1. The molecule has 132 valence electrons. The number of phenolic OH excluding ortho intramolecular Hbond substituents is 1. The van der Waals surface area contributed by atoms with Crippen LogP contribution in [-0.4, -0.2) is 48.6 Å². The van der Waals surface area contributed by atoms with E-state index in [0.29, 0.717) is 13.1 Å². The van der Waals surface area contributed by atoms with Gasteiger partial charge in [0.05, 0.1) is 6.54 Å². The van der Waals surface area contributed by atoms with Crippen LogP contribution in [0.25, 0.3) is 0 Å². The van der Waals surface area contributed by atoms with E-state index in [1.54, 1.807) is 12.1 Å². The van der Waals surface area contributed by atoms with Gasteiger partial charge in [0.2, 0.25) is 5.91 Å². The average molecular weight is 347 g/mol. The lowest BCUT2D eigenvalue weighted by molar-refractivity contribution is -0.117. The minimum atomic E-state index is -0.724. The number of carbonyl (C=O) groups is 1. The Morgan fingerprint density at radius 2 is 1.60 bits per heavy atom. The molecule has 0 unspecified atom stereocenters. The Morgan fingerprint density at radius 1 is 1.00 bits per heavy atom. The summed E-state index contributed by atoms with van der Waals surface area (Å²) in [6, 6.07) is 9.94. The summed E-state index contributed by atoms with van der Waals surface area (Å²) in [5.74, 6) is -1.52. The molecule has 1 aliphatic rings. The molecule has 0 radical (unpaired) electrons. The van der Waals surface area contributed by atoms with Crippen LogP contribution in [0, 0.1) is 11.6 Å². The first kappa shape index (κ1) is 17.2. The maximum Gasteiger partial charge on any atom is 0.238 e. The molecule has 7 heteroatoms. The van der Waals surface area contributed by atoms with Crippen LogP contribution in [0.4, 0.5) is 20.2 Å². The van der Waals surface area contributed by atoms with Crippen LogP contribution in [0.2, 0.25) is 0 Å². The van der Waals surface area contributed by atoms with Gasteiger partial charge in [-0.15, -0.1) is 0 Å². The normalized spacial score (nSPS) is 15.2. The van der Waals surface area contributed by atoms with Gasteiger partial charge in [0, 0.05) is 43.6 Å². The zero-order chi connectivity index (χ0) is 17.8. The van der Waals surface area contributed by atoms with Gasteiger partial charge < -0.3 is 15.3 Å². The highest BCUT2D eigenvalue weighted by Gasteiger charge is 2.19. The van der Waals surface area contributed by atoms with Gasteiger partial charge in [-0.05, 0) is 36.4 Å². The highest BCUT2D eigenvalue weighted by Crippen LogP contribution is 2.20. The second-order valence-corrected chi connectivity index (χ2v) is 5.99. The Bertz CT molecular complexity index is 724. The van der Waals surface area contributed by atoms with Crippen molar-refractivity contribution in [3.8, 4) is 5.75 Å². The molecule has 1 aliphatic heterocycles. The van der Waals surface area contributed by atoms with Crippen molar-refractivity contribution in [3.05, 3.63) is 54.1 Å². The van der Waals surface area contributed by atoms with Crippen molar-refractivity contribution in [2.75, 3.05) is 42.9 Å². The summed E-state index contributed by atoms with van der Waals surface area (Å²) in [5.41, 5.74) is 1.14. The average Bonchev–Trinajstić information content (AvgIpc) is 2.55. The van der Waals surface area contributed by atoms with Gasteiger partial charge in [0.25, 0.3) is 0 Å².